The second-order valence-electron chi connectivity index (χ2n) is 4.71. The number of aromatic nitrogens is 2. The van der Waals surface area contributed by atoms with E-state index in [1.54, 1.807) is 18.1 Å². The second-order valence-corrected chi connectivity index (χ2v) is 5.53. The number of hydrogen-bond acceptors (Lipinski definition) is 5. The molecule has 0 aliphatic carbocycles. The molecule has 2 heterocycles. The molecule has 1 aliphatic heterocycles. The van der Waals surface area contributed by atoms with E-state index in [9.17, 15) is 0 Å². The van der Waals surface area contributed by atoms with Gasteiger partial charge in [-0.05, 0) is 32.1 Å². The first-order valence-electron chi connectivity index (χ1n) is 6.66. The lowest BCUT2D eigenvalue weighted by Crippen LogP contribution is -2.39. The molecule has 2 rings (SSSR count). The highest BCUT2D eigenvalue weighted by Crippen LogP contribution is 2.18. The summed E-state index contributed by atoms with van der Waals surface area (Å²) in [6.07, 6.45) is 7.34. The van der Waals surface area contributed by atoms with E-state index in [2.05, 4.69) is 27.1 Å². The molecular weight excluding hydrogens is 244 g/mol. The smallest absolute Gasteiger partial charge is 0.130 e. The van der Waals surface area contributed by atoms with Gasteiger partial charge >= 0.3 is 0 Å². The van der Waals surface area contributed by atoms with Gasteiger partial charge in [0, 0.05) is 25.2 Å². The van der Waals surface area contributed by atoms with Crippen LogP contribution >= 0.6 is 11.8 Å². The van der Waals surface area contributed by atoms with Crippen LogP contribution in [0.4, 0.5) is 5.82 Å². The monoisotopic (exact) mass is 266 g/mol. The van der Waals surface area contributed by atoms with Crippen molar-refractivity contribution in [2.75, 3.05) is 31.2 Å². The molecule has 0 unspecified atom stereocenters. The van der Waals surface area contributed by atoms with Crippen molar-refractivity contribution >= 4 is 17.6 Å². The minimum Gasteiger partial charge on any atom is -0.367 e. The predicted molar refractivity (Wildman–Crippen MR) is 77.2 cm³/mol. The maximum Gasteiger partial charge on any atom is 0.130 e. The molecule has 18 heavy (non-hydrogen) atoms. The average molecular weight is 266 g/mol. The van der Waals surface area contributed by atoms with Gasteiger partial charge in [-0.15, -0.1) is 11.8 Å². The maximum atomic E-state index is 4.29. The number of anilines is 1. The van der Waals surface area contributed by atoms with Gasteiger partial charge in [0.05, 0.1) is 0 Å². The Balaban J connectivity index is 1.83. The molecule has 0 amide bonds. The van der Waals surface area contributed by atoms with Crippen LogP contribution < -0.4 is 5.32 Å². The van der Waals surface area contributed by atoms with Crippen molar-refractivity contribution in [3.05, 3.63) is 12.4 Å². The van der Waals surface area contributed by atoms with Crippen LogP contribution in [0.5, 0.6) is 0 Å². The summed E-state index contributed by atoms with van der Waals surface area (Å²) in [6, 6.07) is 2.59. The van der Waals surface area contributed by atoms with Gasteiger partial charge in [0.25, 0.3) is 0 Å². The first kappa shape index (κ1) is 13.6. The molecule has 1 N–H and O–H groups in total. The van der Waals surface area contributed by atoms with Crippen LogP contribution in [0.1, 0.15) is 26.2 Å². The Morgan fingerprint density at radius 2 is 2.17 bits per heavy atom. The molecule has 4 nitrogen and oxygen atoms in total. The summed E-state index contributed by atoms with van der Waals surface area (Å²) >= 11 is 1.65. The topological polar surface area (TPSA) is 41.0 Å². The number of nitrogens with one attached hydrogen (secondary N) is 1. The first-order chi connectivity index (χ1) is 8.81. The molecule has 1 aromatic heterocycles. The van der Waals surface area contributed by atoms with E-state index in [-0.39, 0.29) is 0 Å². The summed E-state index contributed by atoms with van der Waals surface area (Å²) in [5.41, 5.74) is 0. The van der Waals surface area contributed by atoms with E-state index < -0.39 is 0 Å². The molecule has 100 valence electrons. The summed E-state index contributed by atoms with van der Waals surface area (Å²) < 4.78 is 0. The lowest BCUT2D eigenvalue weighted by Gasteiger charge is -2.32. The fraction of sp³-hybridized carbons (Fsp3) is 0.692. The Morgan fingerprint density at radius 3 is 2.83 bits per heavy atom. The molecule has 1 fully saturated rings. The van der Waals surface area contributed by atoms with Crippen molar-refractivity contribution in [1.29, 1.82) is 0 Å². The van der Waals surface area contributed by atoms with E-state index in [4.69, 9.17) is 0 Å². The quantitative estimate of drug-likeness (QED) is 0.655. The normalized spacial score (nSPS) is 17.9. The minimum atomic E-state index is 0.558. The lowest BCUT2D eigenvalue weighted by atomic mass is 10.0. The van der Waals surface area contributed by atoms with Crippen LogP contribution in [0.3, 0.4) is 0 Å². The third-order valence-corrected chi connectivity index (χ3v) is 3.97. The van der Waals surface area contributed by atoms with Crippen LogP contribution in [0, 0.1) is 0 Å². The standard InChI is InChI=1S/C13H22N4S/c1-3-6-17-7-4-11(5-8-17)16-12-9-13(18-2)15-10-14-12/h9-11H,3-8H2,1-2H3,(H,14,15,16). The number of rotatable bonds is 5. The van der Waals surface area contributed by atoms with Gasteiger partial charge < -0.3 is 10.2 Å². The van der Waals surface area contributed by atoms with Crippen LogP contribution in [0.15, 0.2) is 17.4 Å². The highest BCUT2D eigenvalue weighted by Gasteiger charge is 2.18. The molecule has 0 aromatic carbocycles. The van der Waals surface area contributed by atoms with E-state index in [1.807, 2.05) is 12.3 Å². The molecule has 0 spiro atoms. The Hall–Kier alpha value is -0.810. The Morgan fingerprint density at radius 1 is 1.39 bits per heavy atom. The van der Waals surface area contributed by atoms with Crippen molar-refractivity contribution in [3.8, 4) is 0 Å². The molecule has 0 bridgehead atoms. The largest absolute Gasteiger partial charge is 0.367 e. The van der Waals surface area contributed by atoms with E-state index >= 15 is 0 Å². The van der Waals surface area contributed by atoms with Crippen molar-refractivity contribution < 1.29 is 0 Å². The van der Waals surface area contributed by atoms with Crippen LogP contribution in [0.2, 0.25) is 0 Å². The molecule has 5 heteroatoms. The Bertz CT molecular complexity index is 364. The first-order valence-corrected chi connectivity index (χ1v) is 7.89. The summed E-state index contributed by atoms with van der Waals surface area (Å²) in [5.74, 6) is 0.961. The highest BCUT2D eigenvalue weighted by molar-refractivity contribution is 7.98. The van der Waals surface area contributed by atoms with Gasteiger partial charge in [-0.25, -0.2) is 9.97 Å². The van der Waals surface area contributed by atoms with Crippen LogP contribution in [-0.2, 0) is 0 Å². The van der Waals surface area contributed by atoms with E-state index in [1.165, 1.54) is 38.9 Å². The van der Waals surface area contributed by atoms with Gasteiger partial charge in [0.2, 0.25) is 0 Å². The Kier molecular flexibility index (Phi) is 5.26. The molecule has 1 aliphatic rings. The zero-order valence-electron chi connectivity index (χ0n) is 11.2. The van der Waals surface area contributed by atoms with Gasteiger partial charge in [0.1, 0.15) is 17.2 Å². The van der Waals surface area contributed by atoms with Crippen molar-refractivity contribution in [2.24, 2.45) is 0 Å². The molecule has 0 saturated carbocycles. The number of thioether (sulfide) groups is 1. The summed E-state index contributed by atoms with van der Waals surface area (Å²) in [6.45, 7) is 5.88. The SMILES string of the molecule is CCCN1CCC(Nc2cc(SC)ncn2)CC1. The maximum absolute atomic E-state index is 4.29. The second kappa shape index (κ2) is 6.95. The van der Waals surface area contributed by atoms with Gasteiger partial charge in [-0.2, -0.15) is 0 Å². The molecule has 1 saturated heterocycles. The number of hydrogen-bond donors (Lipinski definition) is 1. The fourth-order valence-corrected chi connectivity index (χ4v) is 2.74. The zero-order chi connectivity index (χ0) is 12.8. The zero-order valence-corrected chi connectivity index (χ0v) is 12.0. The van der Waals surface area contributed by atoms with Crippen molar-refractivity contribution in [1.82, 2.24) is 14.9 Å². The fourth-order valence-electron chi connectivity index (χ4n) is 2.36. The summed E-state index contributed by atoms with van der Waals surface area (Å²) in [4.78, 5) is 11.0. The minimum absolute atomic E-state index is 0.558. The van der Waals surface area contributed by atoms with Gasteiger partial charge in [-0.1, -0.05) is 6.92 Å². The van der Waals surface area contributed by atoms with Crippen molar-refractivity contribution in [2.45, 2.75) is 37.3 Å². The van der Waals surface area contributed by atoms with E-state index in [0.717, 1.165) is 10.8 Å². The van der Waals surface area contributed by atoms with Gasteiger partial charge in [-0.3, -0.25) is 0 Å². The average Bonchev–Trinajstić information content (AvgIpc) is 2.42. The van der Waals surface area contributed by atoms with Crippen LogP contribution in [0.25, 0.3) is 0 Å². The molecule has 0 atom stereocenters. The number of likely N-dealkylation sites (tertiary alicyclic amines) is 1. The van der Waals surface area contributed by atoms with Crippen molar-refractivity contribution in [3.63, 3.8) is 0 Å². The lowest BCUT2D eigenvalue weighted by molar-refractivity contribution is 0.219. The summed E-state index contributed by atoms with van der Waals surface area (Å²) in [5, 5.41) is 4.55. The predicted octanol–water partition coefficient (Wildman–Crippen LogP) is 2.48. The third-order valence-electron chi connectivity index (χ3n) is 3.33. The van der Waals surface area contributed by atoms with Crippen LogP contribution in [-0.4, -0.2) is 46.8 Å². The number of nitrogens with zero attached hydrogens (tertiary/aromatic N) is 3. The third kappa shape index (κ3) is 3.85. The molecule has 0 radical (unpaired) electrons. The molecular formula is C13H22N4S. The summed E-state index contributed by atoms with van der Waals surface area (Å²) in [7, 11) is 0. The number of piperidine rings is 1. The van der Waals surface area contributed by atoms with Gasteiger partial charge in [0.15, 0.2) is 0 Å². The van der Waals surface area contributed by atoms with E-state index in [0.29, 0.717) is 6.04 Å². The Labute approximate surface area is 114 Å². The molecule has 1 aromatic rings. The highest BCUT2D eigenvalue weighted by atomic mass is 32.2.